The molecule has 7 heteroatoms. The number of nitrogens with zero attached hydrogens (tertiary/aromatic N) is 2. The van der Waals surface area contributed by atoms with Gasteiger partial charge in [0.25, 0.3) is 0 Å². The van der Waals surface area contributed by atoms with Crippen LogP contribution >= 0.6 is 0 Å². The monoisotopic (exact) mass is 415 g/mol. The Hall–Kier alpha value is -2.41. The van der Waals surface area contributed by atoms with Crippen LogP contribution in [0.4, 0.5) is 5.69 Å². The van der Waals surface area contributed by atoms with Crippen LogP contribution in [0.25, 0.3) is 0 Å². The molecule has 3 rings (SSSR count). The molecule has 7 nitrogen and oxygen atoms in total. The van der Waals surface area contributed by atoms with Gasteiger partial charge in [0.2, 0.25) is 11.8 Å². The van der Waals surface area contributed by atoms with E-state index < -0.39 is 0 Å². The minimum Gasteiger partial charge on any atom is -0.464 e. The lowest BCUT2D eigenvalue weighted by atomic mass is 9.89. The van der Waals surface area contributed by atoms with Gasteiger partial charge in [0.05, 0.1) is 13.2 Å². The van der Waals surface area contributed by atoms with E-state index >= 15 is 0 Å². The highest BCUT2D eigenvalue weighted by molar-refractivity contribution is 6.01. The molecule has 0 saturated carbocycles. The summed E-state index contributed by atoms with van der Waals surface area (Å²) in [5.74, 6) is 0.221. The maximum atomic E-state index is 12.2. The second-order valence-corrected chi connectivity index (χ2v) is 8.80. The minimum absolute atomic E-state index is 0.144. The molecule has 2 saturated heterocycles. The molecule has 0 radical (unpaired) electrons. The van der Waals surface area contributed by atoms with Crippen molar-refractivity contribution in [1.29, 1.82) is 0 Å². The van der Waals surface area contributed by atoms with E-state index in [2.05, 4.69) is 22.3 Å². The number of nitrogens with one attached hydrogen (secondary N) is 1. The molecular weight excluding hydrogens is 382 g/mol. The number of esters is 1. The number of rotatable bonds is 7. The Kier molecular flexibility index (Phi) is 7.48. The predicted molar refractivity (Wildman–Crippen MR) is 115 cm³/mol. The van der Waals surface area contributed by atoms with Crippen molar-refractivity contribution in [2.75, 3.05) is 38.2 Å². The number of likely N-dealkylation sites (tertiary alicyclic amines) is 1. The molecule has 1 N–H and O–H groups in total. The van der Waals surface area contributed by atoms with Gasteiger partial charge in [-0.25, -0.2) is 0 Å². The normalized spacial score (nSPS) is 20.9. The molecule has 2 heterocycles. The van der Waals surface area contributed by atoms with Crippen molar-refractivity contribution in [2.45, 2.75) is 51.5 Å². The van der Waals surface area contributed by atoms with Crippen molar-refractivity contribution in [3.63, 3.8) is 0 Å². The standard InChI is InChI=1S/C23H33N3O4/c1-16(2)15-30-22(28)14-26-11-9-17(10-12-26)18-5-4-6-19(13-18)25(3)20-7-8-21(27)24-23(20)29/h4-6,13,16-17,20H,7-12,14-15H2,1-3H3,(H,24,27,29). The molecule has 0 aliphatic carbocycles. The first-order valence-electron chi connectivity index (χ1n) is 10.9. The van der Waals surface area contributed by atoms with E-state index in [0.29, 0.717) is 37.8 Å². The topological polar surface area (TPSA) is 79.0 Å². The Morgan fingerprint density at radius 3 is 2.63 bits per heavy atom. The highest BCUT2D eigenvalue weighted by Gasteiger charge is 2.30. The van der Waals surface area contributed by atoms with Crippen LogP contribution in [0.1, 0.15) is 51.0 Å². The molecule has 0 spiro atoms. The molecular formula is C23H33N3O4. The summed E-state index contributed by atoms with van der Waals surface area (Å²) in [6.07, 6.45) is 2.89. The van der Waals surface area contributed by atoms with Gasteiger partial charge in [-0.15, -0.1) is 0 Å². The number of hydrogen-bond acceptors (Lipinski definition) is 6. The summed E-state index contributed by atoms with van der Waals surface area (Å²) >= 11 is 0. The van der Waals surface area contributed by atoms with E-state index in [0.717, 1.165) is 31.6 Å². The zero-order valence-corrected chi connectivity index (χ0v) is 18.2. The maximum Gasteiger partial charge on any atom is 0.320 e. The van der Waals surface area contributed by atoms with Crippen LogP contribution in [0.15, 0.2) is 24.3 Å². The predicted octanol–water partition coefficient (Wildman–Crippen LogP) is 2.31. The number of ether oxygens (including phenoxy) is 1. The van der Waals surface area contributed by atoms with Crippen LogP contribution in [0, 0.1) is 5.92 Å². The zero-order chi connectivity index (χ0) is 21.7. The number of piperidine rings is 2. The van der Waals surface area contributed by atoms with E-state index in [1.807, 2.05) is 37.9 Å². The third-order valence-corrected chi connectivity index (χ3v) is 5.94. The summed E-state index contributed by atoms with van der Waals surface area (Å²) in [5, 5.41) is 2.43. The number of hydrogen-bond donors (Lipinski definition) is 1. The van der Waals surface area contributed by atoms with Gasteiger partial charge in [0.15, 0.2) is 0 Å². The Morgan fingerprint density at radius 2 is 1.97 bits per heavy atom. The lowest BCUT2D eigenvalue weighted by Gasteiger charge is -2.33. The van der Waals surface area contributed by atoms with Crippen LogP contribution in [0.2, 0.25) is 0 Å². The molecule has 164 valence electrons. The van der Waals surface area contributed by atoms with Crippen LogP contribution < -0.4 is 10.2 Å². The van der Waals surface area contributed by atoms with E-state index in [4.69, 9.17) is 4.74 Å². The van der Waals surface area contributed by atoms with Gasteiger partial charge in [0, 0.05) is 19.2 Å². The first-order chi connectivity index (χ1) is 14.3. The molecule has 2 aliphatic heterocycles. The van der Waals surface area contributed by atoms with Gasteiger partial charge in [-0.2, -0.15) is 0 Å². The van der Waals surface area contributed by atoms with Gasteiger partial charge < -0.3 is 9.64 Å². The molecule has 30 heavy (non-hydrogen) atoms. The van der Waals surface area contributed by atoms with E-state index in [1.54, 1.807) is 0 Å². The molecule has 0 bridgehead atoms. The summed E-state index contributed by atoms with van der Waals surface area (Å²) < 4.78 is 5.29. The Labute approximate surface area is 178 Å². The van der Waals surface area contributed by atoms with E-state index in [1.165, 1.54) is 5.56 Å². The Morgan fingerprint density at radius 1 is 1.23 bits per heavy atom. The van der Waals surface area contributed by atoms with Crippen molar-refractivity contribution in [1.82, 2.24) is 10.2 Å². The third kappa shape index (κ3) is 5.81. The van der Waals surface area contributed by atoms with Gasteiger partial charge >= 0.3 is 5.97 Å². The quantitative estimate of drug-likeness (QED) is 0.544. The van der Waals surface area contributed by atoms with Crippen LogP contribution in [0.5, 0.6) is 0 Å². The molecule has 2 fully saturated rings. The van der Waals surface area contributed by atoms with Gasteiger partial charge in [0.1, 0.15) is 6.04 Å². The fourth-order valence-electron chi connectivity index (χ4n) is 4.14. The third-order valence-electron chi connectivity index (χ3n) is 5.94. The average Bonchev–Trinajstić information content (AvgIpc) is 2.72. The first kappa shape index (κ1) is 22.3. The van der Waals surface area contributed by atoms with Crippen LogP contribution in [-0.2, 0) is 19.1 Å². The summed E-state index contributed by atoms with van der Waals surface area (Å²) in [7, 11) is 1.91. The summed E-state index contributed by atoms with van der Waals surface area (Å²) in [5.41, 5.74) is 2.25. The SMILES string of the molecule is CC(C)COC(=O)CN1CCC(c2cccc(N(C)C3CCC(=O)NC3=O)c2)CC1. The Balaban J connectivity index is 1.55. The van der Waals surface area contributed by atoms with Crippen molar-refractivity contribution < 1.29 is 19.1 Å². The van der Waals surface area contributed by atoms with E-state index in [9.17, 15) is 14.4 Å². The van der Waals surface area contributed by atoms with Crippen molar-refractivity contribution in [3.05, 3.63) is 29.8 Å². The fraction of sp³-hybridized carbons (Fsp3) is 0.609. The molecule has 1 atom stereocenters. The van der Waals surface area contributed by atoms with Gasteiger partial charge in [-0.3, -0.25) is 24.6 Å². The van der Waals surface area contributed by atoms with Crippen LogP contribution in [-0.4, -0.2) is 62.0 Å². The molecule has 0 aromatic heterocycles. The molecule has 1 aromatic rings. The van der Waals surface area contributed by atoms with E-state index in [-0.39, 0.29) is 23.8 Å². The van der Waals surface area contributed by atoms with Crippen molar-refractivity contribution >= 4 is 23.5 Å². The zero-order valence-electron chi connectivity index (χ0n) is 18.2. The highest BCUT2D eigenvalue weighted by Crippen LogP contribution is 2.31. The minimum atomic E-state index is -0.323. The average molecular weight is 416 g/mol. The molecule has 2 amide bonds. The number of imide groups is 1. The second-order valence-electron chi connectivity index (χ2n) is 8.80. The van der Waals surface area contributed by atoms with Crippen LogP contribution in [0.3, 0.4) is 0 Å². The number of carbonyl (C=O) groups is 3. The fourth-order valence-corrected chi connectivity index (χ4v) is 4.14. The molecule has 2 aliphatic rings. The number of carbonyl (C=O) groups excluding carboxylic acids is 3. The van der Waals surface area contributed by atoms with Crippen molar-refractivity contribution in [3.8, 4) is 0 Å². The number of likely N-dealkylation sites (N-methyl/N-ethyl adjacent to an activating group) is 1. The molecule has 1 unspecified atom stereocenters. The summed E-state index contributed by atoms with van der Waals surface area (Å²) in [6, 6.07) is 8.01. The van der Waals surface area contributed by atoms with Crippen molar-refractivity contribution in [2.24, 2.45) is 5.92 Å². The lowest BCUT2D eigenvalue weighted by molar-refractivity contribution is -0.146. The van der Waals surface area contributed by atoms with Gasteiger partial charge in [-0.05, 0) is 61.9 Å². The summed E-state index contributed by atoms with van der Waals surface area (Å²) in [4.78, 5) is 39.7. The maximum absolute atomic E-state index is 12.2. The number of benzene rings is 1. The second kappa shape index (κ2) is 10.1. The highest BCUT2D eigenvalue weighted by atomic mass is 16.5. The molecule has 1 aromatic carbocycles. The summed E-state index contributed by atoms with van der Waals surface area (Å²) in [6.45, 7) is 6.64. The largest absolute Gasteiger partial charge is 0.464 e. The number of anilines is 1. The Bertz CT molecular complexity index is 771. The first-order valence-corrected chi connectivity index (χ1v) is 10.9. The smallest absolute Gasteiger partial charge is 0.320 e. The lowest BCUT2D eigenvalue weighted by Crippen LogP contribution is -2.51. The number of amides is 2. The van der Waals surface area contributed by atoms with Gasteiger partial charge in [-0.1, -0.05) is 26.0 Å².